The van der Waals surface area contributed by atoms with Crippen LogP contribution in [0.4, 0.5) is 8.78 Å². The highest BCUT2D eigenvalue weighted by atomic mass is 35.5. The molecule has 2 aliphatic rings. The van der Waals surface area contributed by atoms with E-state index < -0.39 is 60.2 Å². The van der Waals surface area contributed by atoms with Gasteiger partial charge in [-0.2, -0.15) is 9.97 Å². The van der Waals surface area contributed by atoms with E-state index in [1.54, 1.807) is 0 Å². The predicted molar refractivity (Wildman–Crippen MR) is 124 cm³/mol. The molecule has 0 bridgehead atoms. The number of rotatable bonds is 8. The second-order valence-electron chi connectivity index (χ2n) is 8.77. The van der Waals surface area contributed by atoms with Gasteiger partial charge in [0.05, 0.1) is 30.4 Å². The van der Waals surface area contributed by atoms with Gasteiger partial charge < -0.3 is 39.5 Å². The highest BCUT2D eigenvalue weighted by Gasteiger charge is 2.48. The van der Waals surface area contributed by atoms with Gasteiger partial charge in [0.25, 0.3) is 11.9 Å². The summed E-state index contributed by atoms with van der Waals surface area (Å²) >= 11 is 6.24. The number of hydrogen-bond donors (Lipinski definition) is 4. The van der Waals surface area contributed by atoms with E-state index in [-0.39, 0.29) is 47.9 Å². The normalized spacial score (nSPS) is 23.7. The Kier molecular flexibility index (Phi) is 7.14. The van der Waals surface area contributed by atoms with Crippen LogP contribution in [0.3, 0.4) is 0 Å². The lowest BCUT2D eigenvalue weighted by Gasteiger charge is -2.15. The predicted octanol–water partition coefficient (Wildman–Crippen LogP) is 1.49. The lowest BCUT2D eigenvalue weighted by Crippen LogP contribution is -2.34. The number of aromatic amines is 1. The lowest BCUT2D eigenvalue weighted by molar-refractivity contribution is 0.00706. The van der Waals surface area contributed by atoms with Crippen LogP contribution < -0.4 is 14.8 Å². The van der Waals surface area contributed by atoms with E-state index in [4.69, 9.17) is 30.5 Å². The van der Waals surface area contributed by atoms with Gasteiger partial charge in [-0.15, -0.1) is 0 Å². The molecular weight excluding hydrogens is 518 g/mol. The first-order chi connectivity index (χ1) is 17.7. The molecule has 3 aromatic rings. The van der Waals surface area contributed by atoms with Crippen molar-refractivity contribution in [1.29, 1.82) is 0 Å². The first kappa shape index (κ1) is 25.5. The maximum absolute atomic E-state index is 14.6. The number of benzene rings is 1. The number of aliphatic hydroxyl groups is 2. The van der Waals surface area contributed by atoms with Gasteiger partial charge in [0.15, 0.2) is 11.8 Å². The highest BCUT2D eigenvalue weighted by molar-refractivity contribution is 6.32. The molecule has 0 saturated carbocycles. The molecule has 2 aromatic heterocycles. The number of aliphatic hydroxyl groups excluding tert-OH is 2. The maximum atomic E-state index is 14.6. The molecule has 2 aliphatic heterocycles. The number of nitrogens with one attached hydrogen (secondary N) is 2. The van der Waals surface area contributed by atoms with Crippen molar-refractivity contribution >= 4 is 28.7 Å². The number of nitrogens with zero attached hydrogens (tertiary/aromatic N) is 2. The number of aromatic nitrogens is 3. The number of H-pyrrole nitrogens is 1. The standard InChI is InChI=1S/C23H23ClF2N4O7/c1-9(31)5-27-21(33)10-2-13(25)11(14(26)3-10)6-36-22-12(24)4-15-20(29-22)30-23(28-15)37-17-8-35-18-16(32)7-34-19(17)18/h2-4,9,16-19,31-32H,5-8H2,1H3,(H,27,33)(H,28,29,30)/t9-,16+,17+,18?,19?/m0/s1. The number of carbonyl (C=O) groups excluding carboxylic acids is 1. The van der Waals surface area contributed by atoms with Gasteiger partial charge in [-0.05, 0) is 25.1 Å². The molecule has 2 unspecified atom stereocenters. The number of fused-ring (bicyclic) bond motifs is 2. The molecule has 1 aromatic carbocycles. The minimum absolute atomic E-state index is 0.0594. The molecule has 14 heteroatoms. The van der Waals surface area contributed by atoms with E-state index in [9.17, 15) is 23.8 Å². The van der Waals surface area contributed by atoms with Gasteiger partial charge in [-0.1, -0.05) is 11.6 Å². The number of hydrogen-bond acceptors (Lipinski definition) is 9. The van der Waals surface area contributed by atoms with E-state index in [0.29, 0.717) is 5.52 Å². The van der Waals surface area contributed by atoms with Crippen LogP contribution in [0.1, 0.15) is 22.8 Å². The summed E-state index contributed by atoms with van der Waals surface area (Å²) in [5.74, 6) is -2.83. The highest BCUT2D eigenvalue weighted by Crippen LogP contribution is 2.31. The Morgan fingerprint density at radius 2 is 1.97 bits per heavy atom. The van der Waals surface area contributed by atoms with Crippen LogP contribution >= 0.6 is 11.6 Å². The molecular formula is C23H23ClF2N4O7. The molecule has 0 spiro atoms. The van der Waals surface area contributed by atoms with E-state index >= 15 is 0 Å². The van der Waals surface area contributed by atoms with Crippen molar-refractivity contribution in [2.24, 2.45) is 0 Å². The number of pyridine rings is 1. The molecule has 37 heavy (non-hydrogen) atoms. The lowest BCUT2D eigenvalue weighted by atomic mass is 10.1. The summed E-state index contributed by atoms with van der Waals surface area (Å²) in [5.41, 5.74) is -0.0495. The van der Waals surface area contributed by atoms with Crippen molar-refractivity contribution in [1.82, 2.24) is 20.3 Å². The first-order valence-electron chi connectivity index (χ1n) is 11.4. The molecule has 2 fully saturated rings. The summed E-state index contributed by atoms with van der Waals surface area (Å²) in [4.78, 5) is 23.4. The SMILES string of the molecule is C[C@H](O)CNC(=O)c1cc(F)c(COc2nc3nc(O[C@@H]4COC5C4OC[C@H]5O)[nH]c3cc2Cl)c(F)c1. The topological polar surface area (TPSA) is 148 Å². The summed E-state index contributed by atoms with van der Waals surface area (Å²) in [6, 6.07) is 3.35. The fourth-order valence-electron chi connectivity index (χ4n) is 4.08. The monoisotopic (exact) mass is 540 g/mol. The molecule has 0 aliphatic carbocycles. The summed E-state index contributed by atoms with van der Waals surface area (Å²) in [7, 11) is 0. The molecule has 1 amide bonds. The Morgan fingerprint density at radius 3 is 2.70 bits per heavy atom. The fourth-order valence-corrected chi connectivity index (χ4v) is 4.29. The van der Waals surface area contributed by atoms with Crippen LogP contribution in [0, 0.1) is 11.6 Å². The van der Waals surface area contributed by atoms with Gasteiger partial charge in [-0.25, -0.2) is 8.78 Å². The molecule has 5 rings (SSSR count). The Morgan fingerprint density at radius 1 is 1.24 bits per heavy atom. The zero-order valence-electron chi connectivity index (χ0n) is 19.4. The molecule has 4 N–H and O–H groups in total. The van der Waals surface area contributed by atoms with Crippen molar-refractivity contribution in [2.75, 3.05) is 19.8 Å². The molecule has 0 radical (unpaired) electrons. The van der Waals surface area contributed by atoms with E-state index in [1.165, 1.54) is 13.0 Å². The third-order valence-corrected chi connectivity index (χ3v) is 6.20. The van der Waals surface area contributed by atoms with Crippen LogP contribution in [0.25, 0.3) is 11.2 Å². The van der Waals surface area contributed by atoms with Gasteiger partial charge in [0.2, 0.25) is 5.88 Å². The minimum Gasteiger partial charge on any atom is -0.471 e. The third kappa shape index (κ3) is 5.31. The maximum Gasteiger partial charge on any atom is 0.296 e. The Bertz CT molecular complexity index is 1300. The Balaban J connectivity index is 1.27. The number of amides is 1. The van der Waals surface area contributed by atoms with Crippen LogP contribution in [0.15, 0.2) is 18.2 Å². The number of imidazole rings is 1. The van der Waals surface area contributed by atoms with Crippen LogP contribution in [0.2, 0.25) is 5.02 Å². The zero-order chi connectivity index (χ0) is 26.3. The Hall–Kier alpha value is -3.10. The van der Waals surface area contributed by atoms with E-state index in [1.807, 2.05) is 0 Å². The van der Waals surface area contributed by atoms with Crippen LogP contribution in [-0.4, -0.2) is 81.4 Å². The fraction of sp³-hybridized carbons (Fsp3) is 0.435. The molecule has 2 saturated heterocycles. The van der Waals surface area contributed by atoms with E-state index in [0.717, 1.165) is 12.1 Å². The average molecular weight is 541 g/mol. The molecule has 198 valence electrons. The average Bonchev–Trinajstić information content (AvgIpc) is 3.53. The minimum atomic E-state index is -0.994. The summed E-state index contributed by atoms with van der Waals surface area (Å²) in [6.45, 7) is 1.22. The van der Waals surface area contributed by atoms with Crippen molar-refractivity contribution in [2.45, 2.75) is 44.1 Å². The van der Waals surface area contributed by atoms with Gasteiger partial charge in [0.1, 0.15) is 41.6 Å². The molecule has 5 atom stereocenters. The summed E-state index contributed by atoms with van der Waals surface area (Å²) in [6.07, 6.45) is -2.91. The number of halogens is 3. The van der Waals surface area contributed by atoms with Gasteiger partial charge >= 0.3 is 0 Å². The van der Waals surface area contributed by atoms with Crippen molar-refractivity contribution < 1.29 is 42.7 Å². The van der Waals surface area contributed by atoms with Crippen molar-refractivity contribution in [3.05, 3.63) is 46.0 Å². The summed E-state index contributed by atoms with van der Waals surface area (Å²) < 4.78 is 51.5. The van der Waals surface area contributed by atoms with Gasteiger partial charge in [0, 0.05) is 12.1 Å². The van der Waals surface area contributed by atoms with Crippen molar-refractivity contribution in [3.63, 3.8) is 0 Å². The van der Waals surface area contributed by atoms with E-state index in [2.05, 4.69) is 20.3 Å². The third-order valence-electron chi connectivity index (χ3n) is 5.93. The largest absolute Gasteiger partial charge is 0.471 e. The number of carbonyl (C=O) groups is 1. The molecule has 4 heterocycles. The Labute approximate surface area is 213 Å². The van der Waals surface area contributed by atoms with Crippen molar-refractivity contribution in [3.8, 4) is 11.9 Å². The van der Waals surface area contributed by atoms with Crippen LogP contribution in [0.5, 0.6) is 11.9 Å². The van der Waals surface area contributed by atoms with Gasteiger partial charge in [-0.3, -0.25) is 4.79 Å². The smallest absolute Gasteiger partial charge is 0.296 e. The summed E-state index contributed by atoms with van der Waals surface area (Å²) in [5, 5.41) is 21.5. The molecule has 11 nitrogen and oxygen atoms in total. The zero-order valence-corrected chi connectivity index (χ0v) is 20.2. The van der Waals surface area contributed by atoms with Crippen LogP contribution in [-0.2, 0) is 16.1 Å². The first-order valence-corrected chi connectivity index (χ1v) is 11.8. The second kappa shape index (κ2) is 10.3. The number of ether oxygens (including phenoxy) is 4. The second-order valence-corrected chi connectivity index (χ2v) is 9.18. The quantitative estimate of drug-likeness (QED) is 0.333.